The van der Waals surface area contributed by atoms with E-state index in [2.05, 4.69) is 11.8 Å². The molecule has 0 unspecified atom stereocenters. The van der Waals surface area contributed by atoms with Gasteiger partial charge in [0.05, 0.1) is 5.56 Å². The maximum Gasteiger partial charge on any atom is 0.256 e. The second-order valence-electron chi connectivity index (χ2n) is 5.31. The first kappa shape index (κ1) is 14.8. The summed E-state index contributed by atoms with van der Waals surface area (Å²) in [5.74, 6) is -0.631. The summed E-state index contributed by atoms with van der Waals surface area (Å²) in [6, 6.07) is 4.13. The minimum absolute atomic E-state index is 0.197. The summed E-state index contributed by atoms with van der Waals surface area (Å²) in [5, 5.41) is 0. The van der Waals surface area contributed by atoms with E-state index in [1.165, 1.54) is 18.2 Å². The Kier molecular flexibility index (Phi) is 4.60. The molecule has 0 aliphatic carbocycles. The molecule has 2 N–H and O–H groups in total. The molecule has 0 spiro atoms. The number of piperidine rings is 1. The average Bonchev–Trinajstić information content (AvgIpc) is 2.48. The number of hydrogen-bond acceptors (Lipinski definition) is 3. The van der Waals surface area contributed by atoms with Crippen LogP contribution in [0.1, 0.15) is 30.1 Å². The van der Waals surface area contributed by atoms with E-state index >= 15 is 0 Å². The zero-order valence-corrected chi connectivity index (χ0v) is 12.1. The lowest BCUT2D eigenvalue weighted by Crippen LogP contribution is -2.45. The number of hydrogen-bond donors (Lipinski definition) is 1. The van der Waals surface area contributed by atoms with Crippen LogP contribution in [0, 0.1) is 5.82 Å². The number of anilines is 1. The molecule has 110 valence electrons. The van der Waals surface area contributed by atoms with Crippen LogP contribution in [0.25, 0.3) is 0 Å². The highest BCUT2D eigenvalue weighted by Gasteiger charge is 2.26. The average molecular weight is 279 g/mol. The van der Waals surface area contributed by atoms with Gasteiger partial charge >= 0.3 is 0 Å². The van der Waals surface area contributed by atoms with Gasteiger partial charge in [0.1, 0.15) is 5.82 Å². The van der Waals surface area contributed by atoms with Crippen LogP contribution in [0.15, 0.2) is 18.2 Å². The van der Waals surface area contributed by atoms with Crippen molar-refractivity contribution in [2.75, 3.05) is 32.4 Å². The van der Waals surface area contributed by atoms with Gasteiger partial charge in [-0.1, -0.05) is 6.92 Å². The predicted molar refractivity (Wildman–Crippen MR) is 78.0 cm³/mol. The van der Waals surface area contributed by atoms with Gasteiger partial charge in [-0.15, -0.1) is 0 Å². The lowest BCUT2D eigenvalue weighted by atomic mass is 10.0. The largest absolute Gasteiger partial charge is 0.398 e. The Hall–Kier alpha value is -1.62. The fourth-order valence-electron chi connectivity index (χ4n) is 2.69. The third-order valence-corrected chi connectivity index (χ3v) is 4.12. The lowest BCUT2D eigenvalue weighted by molar-refractivity contribution is 0.0647. The van der Waals surface area contributed by atoms with Crippen molar-refractivity contribution in [3.8, 4) is 0 Å². The van der Waals surface area contributed by atoms with Crippen molar-refractivity contribution in [3.05, 3.63) is 29.6 Å². The zero-order chi connectivity index (χ0) is 14.7. The first-order valence-corrected chi connectivity index (χ1v) is 7.07. The Balaban J connectivity index is 2.07. The fraction of sp³-hybridized carbons (Fsp3) is 0.533. The molecule has 5 heteroatoms. The highest BCUT2D eigenvalue weighted by molar-refractivity contribution is 5.99. The zero-order valence-electron chi connectivity index (χ0n) is 12.1. The van der Waals surface area contributed by atoms with Crippen molar-refractivity contribution in [3.63, 3.8) is 0 Å². The third kappa shape index (κ3) is 3.10. The van der Waals surface area contributed by atoms with E-state index in [1.807, 2.05) is 0 Å². The molecule has 0 radical (unpaired) electrons. The molecule has 1 fully saturated rings. The van der Waals surface area contributed by atoms with Gasteiger partial charge in [-0.3, -0.25) is 4.79 Å². The van der Waals surface area contributed by atoms with Gasteiger partial charge in [0.25, 0.3) is 5.91 Å². The van der Waals surface area contributed by atoms with Crippen LogP contribution in [-0.2, 0) is 0 Å². The van der Waals surface area contributed by atoms with Crippen LogP contribution in [0.3, 0.4) is 0 Å². The van der Waals surface area contributed by atoms with Crippen LogP contribution in [0.4, 0.5) is 10.1 Å². The Morgan fingerprint density at radius 1 is 1.45 bits per heavy atom. The van der Waals surface area contributed by atoms with E-state index in [9.17, 15) is 9.18 Å². The van der Waals surface area contributed by atoms with Gasteiger partial charge < -0.3 is 15.5 Å². The van der Waals surface area contributed by atoms with Crippen molar-refractivity contribution in [1.82, 2.24) is 9.80 Å². The van der Waals surface area contributed by atoms with Gasteiger partial charge in [-0.05, 0) is 37.6 Å². The molecule has 0 atom stereocenters. The number of nitrogen functional groups attached to an aromatic ring is 1. The molecule has 0 aromatic heterocycles. The fourth-order valence-corrected chi connectivity index (χ4v) is 2.69. The SMILES string of the molecule is CCN1CCC(N(C)C(=O)c2cc(F)ccc2N)CC1. The van der Waals surface area contributed by atoms with Crippen molar-refractivity contribution < 1.29 is 9.18 Å². The molecule has 1 aromatic rings. The first-order valence-electron chi connectivity index (χ1n) is 7.07. The van der Waals surface area contributed by atoms with Gasteiger partial charge in [0.15, 0.2) is 0 Å². The molecular formula is C15H22FN3O. The van der Waals surface area contributed by atoms with E-state index in [4.69, 9.17) is 5.73 Å². The van der Waals surface area contributed by atoms with Crippen LogP contribution in [0.2, 0.25) is 0 Å². The number of amides is 1. The number of halogens is 1. The minimum atomic E-state index is -0.434. The summed E-state index contributed by atoms with van der Waals surface area (Å²) in [6.45, 7) is 5.18. The van der Waals surface area contributed by atoms with Crippen LogP contribution < -0.4 is 5.73 Å². The molecule has 1 aliphatic rings. The maximum absolute atomic E-state index is 13.3. The molecule has 1 saturated heterocycles. The molecule has 2 rings (SSSR count). The predicted octanol–water partition coefficient (Wildman–Crippen LogP) is 1.96. The summed E-state index contributed by atoms with van der Waals surface area (Å²) in [4.78, 5) is 16.5. The summed E-state index contributed by atoms with van der Waals surface area (Å²) in [6.07, 6.45) is 1.90. The molecule has 4 nitrogen and oxygen atoms in total. The summed E-state index contributed by atoms with van der Waals surface area (Å²) in [7, 11) is 1.78. The molecule has 1 heterocycles. The second kappa shape index (κ2) is 6.22. The Labute approximate surface area is 119 Å². The number of carbonyl (C=O) groups excluding carboxylic acids is 1. The van der Waals surface area contributed by atoms with Gasteiger partial charge in [0, 0.05) is 31.9 Å². The van der Waals surface area contributed by atoms with Gasteiger partial charge in [-0.2, -0.15) is 0 Å². The quantitative estimate of drug-likeness (QED) is 0.861. The number of benzene rings is 1. The van der Waals surface area contributed by atoms with Gasteiger partial charge in [0.2, 0.25) is 0 Å². The van der Waals surface area contributed by atoms with Crippen LogP contribution >= 0.6 is 0 Å². The summed E-state index contributed by atoms with van der Waals surface area (Å²) in [5.41, 5.74) is 6.36. The molecule has 0 bridgehead atoms. The highest BCUT2D eigenvalue weighted by Crippen LogP contribution is 2.20. The molecule has 1 aliphatic heterocycles. The third-order valence-electron chi connectivity index (χ3n) is 4.12. The normalized spacial score (nSPS) is 17.1. The maximum atomic E-state index is 13.3. The molecule has 0 saturated carbocycles. The number of carbonyl (C=O) groups is 1. The van der Waals surface area contributed by atoms with Crippen LogP contribution in [0.5, 0.6) is 0 Å². The monoisotopic (exact) mass is 279 g/mol. The van der Waals surface area contributed by atoms with E-state index < -0.39 is 5.82 Å². The second-order valence-corrected chi connectivity index (χ2v) is 5.31. The van der Waals surface area contributed by atoms with Crippen molar-refractivity contribution in [1.29, 1.82) is 0 Å². The van der Waals surface area contributed by atoms with E-state index in [0.29, 0.717) is 5.69 Å². The molecule has 1 amide bonds. The molecular weight excluding hydrogens is 257 g/mol. The van der Waals surface area contributed by atoms with Crippen molar-refractivity contribution in [2.45, 2.75) is 25.8 Å². The number of likely N-dealkylation sites (tertiary alicyclic amines) is 1. The number of nitrogens with zero attached hydrogens (tertiary/aromatic N) is 2. The van der Waals surface area contributed by atoms with E-state index in [1.54, 1.807) is 11.9 Å². The molecule has 1 aromatic carbocycles. The lowest BCUT2D eigenvalue weighted by Gasteiger charge is -2.36. The Morgan fingerprint density at radius 2 is 2.10 bits per heavy atom. The Morgan fingerprint density at radius 3 is 2.70 bits per heavy atom. The van der Waals surface area contributed by atoms with Gasteiger partial charge in [-0.25, -0.2) is 4.39 Å². The summed E-state index contributed by atoms with van der Waals surface area (Å²) >= 11 is 0. The smallest absolute Gasteiger partial charge is 0.256 e. The van der Waals surface area contributed by atoms with Crippen LogP contribution in [-0.4, -0.2) is 48.4 Å². The van der Waals surface area contributed by atoms with Crippen molar-refractivity contribution in [2.24, 2.45) is 0 Å². The topological polar surface area (TPSA) is 49.6 Å². The van der Waals surface area contributed by atoms with E-state index in [0.717, 1.165) is 32.5 Å². The van der Waals surface area contributed by atoms with E-state index in [-0.39, 0.29) is 17.5 Å². The molecule has 20 heavy (non-hydrogen) atoms. The Bertz CT molecular complexity index is 484. The first-order chi connectivity index (χ1) is 9.52. The number of nitrogens with two attached hydrogens (primary N) is 1. The minimum Gasteiger partial charge on any atom is -0.398 e. The standard InChI is InChI=1S/C15H22FN3O/c1-3-19-8-6-12(7-9-19)18(2)15(20)13-10-11(16)4-5-14(13)17/h4-5,10,12H,3,6-9,17H2,1-2H3. The number of rotatable bonds is 3. The highest BCUT2D eigenvalue weighted by atomic mass is 19.1. The van der Waals surface area contributed by atoms with Crippen molar-refractivity contribution >= 4 is 11.6 Å². The summed E-state index contributed by atoms with van der Waals surface area (Å²) < 4.78 is 13.3.